The second-order valence-corrected chi connectivity index (χ2v) is 4.91. The monoisotopic (exact) mass is 238 g/mol. The molecule has 94 valence electrons. The van der Waals surface area contributed by atoms with Gasteiger partial charge in [-0.3, -0.25) is 4.98 Å². The van der Waals surface area contributed by atoms with Crippen LogP contribution in [0, 0.1) is 0 Å². The van der Waals surface area contributed by atoms with Crippen LogP contribution in [0.4, 0.5) is 10.1 Å². The van der Waals surface area contributed by atoms with Gasteiger partial charge < -0.3 is 10.0 Å². The summed E-state index contributed by atoms with van der Waals surface area (Å²) in [6.07, 6.45) is 0.301. The van der Waals surface area contributed by atoms with Gasteiger partial charge in [0.2, 0.25) is 0 Å². The molecule has 1 saturated heterocycles. The summed E-state index contributed by atoms with van der Waals surface area (Å²) in [5.74, 6) is 0.404. The van der Waals surface area contributed by atoms with Crippen molar-refractivity contribution < 1.29 is 9.50 Å². The van der Waals surface area contributed by atoms with Crippen molar-refractivity contribution in [3.63, 3.8) is 0 Å². The molecule has 0 radical (unpaired) electrons. The Bertz CT molecular complexity index is 366. The summed E-state index contributed by atoms with van der Waals surface area (Å²) in [4.78, 5) is 6.31. The summed E-state index contributed by atoms with van der Waals surface area (Å²) in [6.45, 7) is 5.13. The van der Waals surface area contributed by atoms with Crippen LogP contribution in [0.5, 0.6) is 0 Å². The Labute approximate surface area is 101 Å². The molecule has 2 atom stereocenters. The van der Waals surface area contributed by atoms with Crippen LogP contribution in [0.15, 0.2) is 18.3 Å². The van der Waals surface area contributed by atoms with E-state index in [1.807, 2.05) is 17.0 Å². The van der Waals surface area contributed by atoms with E-state index in [9.17, 15) is 9.50 Å². The fourth-order valence-corrected chi connectivity index (χ4v) is 2.05. The number of hydrogen-bond acceptors (Lipinski definition) is 3. The SMILES string of the molecule is CC(C)c1ccc(N2CC[C@@H](O)[C@@H](F)C2)cn1. The summed E-state index contributed by atoms with van der Waals surface area (Å²) in [5, 5.41) is 9.34. The van der Waals surface area contributed by atoms with Crippen LogP contribution in [-0.2, 0) is 0 Å². The molecule has 1 fully saturated rings. The molecule has 0 saturated carbocycles. The highest BCUT2D eigenvalue weighted by Crippen LogP contribution is 2.22. The molecular weight excluding hydrogens is 219 g/mol. The maximum atomic E-state index is 13.4. The van der Waals surface area contributed by atoms with E-state index >= 15 is 0 Å². The smallest absolute Gasteiger partial charge is 0.143 e. The molecule has 2 heterocycles. The maximum absolute atomic E-state index is 13.4. The predicted molar refractivity (Wildman–Crippen MR) is 66.1 cm³/mol. The number of rotatable bonds is 2. The minimum Gasteiger partial charge on any atom is -0.390 e. The number of aliphatic hydroxyl groups excluding tert-OH is 1. The van der Waals surface area contributed by atoms with E-state index < -0.39 is 12.3 Å². The Balaban J connectivity index is 2.07. The van der Waals surface area contributed by atoms with Gasteiger partial charge in [0, 0.05) is 12.2 Å². The highest BCUT2D eigenvalue weighted by atomic mass is 19.1. The summed E-state index contributed by atoms with van der Waals surface area (Å²) < 4.78 is 13.4. The molecular formula is C13H19FN2O. The summed E-state index contributed by atoms with van der Waals surface area (Å²) in [7, 11) is 0. The van der Waals surface area contributed by atoms with Crippen LogP contribution in [0.1, 0.15) is 31.9 Å². The molecule has 4 heteroatoms. The van der Waals surface area contributed by atoms with Gasteiger partial charge in [-0.25, -0.2) is 4.39 Å². The van der Waals surface area contributed by atoms with Crippen molar-refractivity contribution in [2.24, 2.45) is 0 Å². The molecule has 3 nitrogen and oxygen atoms in total. The van der Waals surface area contributed by atoms with Crippen LogP contribution in [0.3, 0.4) is 0 Å². The summed E-state index contributed by atoms with van der Waals surface area (Å²) in [5.41, 5.74) is 1.98. The molecule has 0 aromatic carbocycles. The Hall–Kier alpha value is -1.16. The fraction of sp³-hybridized carbons (Fsp3) is 0.615. The van der Waals surface area contributed by atoms with Gasteiger partial charge in [0.15, 0.2) is 0 Å². The average Bonchev–Trinajstić information content (AvgIpc) is 2.33. The number of alkyl halides is 1. The lowest BCUT2D eigenvalue weighted by Crippen LogP contribution is -2.44. The highest BCUT2D eigenvalue weighted by Gasteiger charge is 2.27. The van der Waals surface area contributed by atoms with Crippen LogP contribution >= 0.6 is 0 Å². The van der Waals surface area contributed by atoms with Crippen LogP contribution in [0.25, 0.3) is 0 Å². The molecule has 1 aliphatic heterocycles. The molecule has 0 bridgehead atoms. The number of nitrogens with zero attached hydrogens (tertiary/aromatic N) is 2. The van der Waals surface area contributed by atoms with Gasteiger partial charge in [0.25, 0.3) is 0 Å². The number of aliphatic hydroxyl groups is 1. The number of halogens is 1. The third kappa shape index (κ3) is 2.75. The lowest BCUT2D eigenvalue weighted by molar-refractivity contribution is 0.0615. The zero-order valence-corrected chi connectivity index (χ0v) is 10.3. The molecule has 17 heavy (non-hydrogen) atoms. The quantitative estimate of drug-likeness (QED) is 0.857. The van der Waals surface area contributed by atoms with Gasteiger partial charge in [-0.05, 0) is 24.5 Å². The van der Waals surface area contributed by atoms with E-state index in [0.29, 0.717) is 18.9 Å². The van der Waals surface area contributed by atoms with E-state index in [1.165, 1.54) is 0 Å². The van der Waals surface area contributed by atoms with Crippen molar-refractivity contribution in [3.05, 3.63) is 24.0 Å². The lowest BCUT2D eigenvalue weighted by Gasteiger charge is -2.33. The van der Waals surface area contributed by atoms with Crippen molar-refractivity contribution in [1.82, 2.24) is 4.98 Å². The van der Waals surface area contributed by atoms with E-state index in [2.05, 4.69) is 18.8 Å². The molecule has 2 rings (SSSR count). The topological polar surface area (TPSA) is 36.4 Å². The van der Waals surface area contributed by atoms with Gasteiger partial charge in [-0.2, -0.15) is 0 Å². The van der Waals surface area contributed by atoms with Crippen molar-refractivity contribution in [3.8, 4) is 0 Å². The average molecular weight is 238 g/mol. The molecule has 0 aliphatic carbocycles. The number of pyridine rings is 1. The number of hydrogen-bond donors (Lipinski definition) is 1. The van der Waals surface area contributed by atoms with Gasteiger partial charge in [-0.1, -0.05) is 13.8 Å². The first-order valence-electron chi connectivity index (χ1n) is 6.11. The molecule has 1 aromatic heterocycles. The van der Waals surface area contributed by atoms with E-state index in [0.717, 1.165) is 11.4 Å². The number of anilines is 1. The molecule has 0 spiro atoms. The second kappa shape index (κ2) is 5.00. The largest absolute Gasteiger partial charge is 0.390 e. The van der Waals surface area contributed by atoms with Gasteiger partial charge in [-0.15, -0.1) is 0 Å². The van der Waals surface area contributed by atoms with Gasteiger partial charge in [0.05, 0.1) is 24.5 Å². The first kappa shape index (κ1) is 12.3. The van der Waals surface area contributed by atoms with Crippen LogP contribution in [0.2, 0.25) is 0 Å². The van der Waals surface area contributed by atoms with Crippen molar-refractivity contribution in [2.45, 2.75) is 38.5 Å². The molecule has 0 amide bonds. The first-order valence-corrected chi connectivity index (χ1v) is 6.11. The van der Waals surface area contributed by atoms with E-state index in [1.54, 1.807) is 6.20 Å². The predicted octanol–water partition coefficient (Wildman–Crippen LogP) is 2.11. The third-order valence-electron chi connectivity index (χ3n) is 3.23. The normalized spacial score (nSPS) is 25.4. The summed E-state index contributed by atoms with van der Waals surface area (Å²) >= 11 is 0. The van der Waals surface area contributed by atoms with E-state index in [4.69, 9.17) is 0 Å². The number of piperidine rings is 1. The maximum Gasteiger partial charge on any atom is 0.143 e. The van der Waals surface area contributed by atoms with Crippen LogP contribution < -0.4 is 4.90 Å². The van der Waals surface area contributed by atoms with Gasteiger partial charge >= 0.3 is 0 Å². The Morgan fingerprint density at radius 1 is 1.47 bits per heavy atom. The van der Waals surface area contributed by atoms with Crippen molar-refractivity contribution in [2.75, 3.05) is 18.0 Å². The van der Waals surface area contributed by atoms with E-state index in [-0.39, 0.29) is 6.54 Å². The minimum atomic E-state index is -1.16. The number of aromatic nitrogens is 1. The third-order valence-corrected chi connectivity index (χ3v) is 3.23. The Morgan fingerprint density at radius 3 is 2.76 bits per heavy atom. The minimum absolute atomic E-state index is 0.254. The standard InChI is InChI=1S/C13H19FN2O/c1-9(2)12-4-3-10(7-15-12)16-6-5-13(17)11(14)8-16/h3-4,7,9,11,13,17H,5-6,8H2,1-2H3/t11-,13+/m0/s1. The molecule has 1 N–H and O–H groups in total. The molecule has 0 unspecified atom stereocenters. The Morgan fingerprint density at radius 2 is 2.24 bits per heavy atom. The van der Waals surface area contributed by atoms with Crippen molar-refractivity contribution in [1.29, 1.82) is 0 Å². The molecule has 1 aromatic rings. The highest BCUT2D eigenvalue weighted by molar-refractivity contribution is 5.45. The summed E-state index contributed by atoms with van der Waals surface area (Å²) in [6, 6.07) is 3.96. The fourth-order valence-electron chi connectivity index (χ4n) is 2.05. The lowest BCUT2D eigenvalue weighted by atomic mass is 10.1. The zero-order valence-electron chi connectivity index (χ0n) is 10.3. The molecule has 1 aliphatic rings. The van der Waals surface area contributed by atoms with Crippen molar-refractivity contribution >= 4 is 5.69 Å². The second-order valence-electron chi connectivity index (χ2n) is 4.91. The van der Waals surface area contributed by atoms with Gasteiger partial charge in [0.1, 0.15) is 6.17 Å². The zero-order chi connectivity index (χ0) is 12.4. The first-order chi connectivity index (χ1) is 8.08. The Kier molecular flexibility index (Phi) is 3.62. The van der Waals surface area contributed by atoms with Crippen LogP contribution in [-0.4, -0.2) is 35.5 Å².